The smallest absolute Gasteiger partial charge is 0.228 e. The lowest BCUT2D eigenvalue weighted by molar-refractivity contribution is 0.135. The Morgan fingerprint density at radius 1 is 1.15 bits per heavy atom. The second kappa shape index (κ2) is 8.51. The van der Waals surface area contributed by atoms with Crippen LogP contribution in [0.4, 0.5) is 11.8 Å². The van der Waals surface area contributed by atoms with Crippen LogP contribution in [0.3, 0.4) is 0 Å². The van der Waals surface area contributed by atoms with Crippen LogP contribution >= 0.6 is 0 Å². The number of aliphatic hydroxyl groups is 1. The molecule has 1 aliphatic rings. The number of hydrogen-bond acceptors (Lipinski definition) is 7. The van der Waals surface area contributed by atoms with Crippen molar-refractivity contribution >= 4 is 11.8 Å². The van der Waals surface area contributed by atoms with Crippen molar-refractivity contribution < 1.29 is 5.11 Å². The van der Waals surface area contributed by atoms with Gasteiger partial charge in [0, 0.05) is 42.3 Å². The third-order valence-corrected chi connectivity index (χ3v) is 5.03. The lowest BCUT2D eigenvalue weighted by atomic mass is 9.92. The fourth-order valence-corrected chi connectivity index (χ4v) is 3.61. The molecule has 0 amide bonds. The monoisotopic (exact) mass is 356 g/mol. The molecule has 7 nitrogen and oxygen atoms in total. The van der Waals surface area contributed by atoms with E-state index in [1.165, 1.54) is 0 Å². The van der Waals surface area contributed by atoms with Crippen LogP contribution in [0, 0.1) is 13.8 Å². The fraction of sp³-hybridized carbons (Fsp3) is 0.579. The zero-order valence-electron chi connectivity index (χ0n) is 15.8. The van der Waals surface area contributed by atoms with Gasteiger partial charge < -0.3 is 15.3 Å². The third-order valence-electron chi connectivity index (χ3n) is 5.03. The summed E-state index contributed by atoms with van der Waals surface area (Å²) in [5, 5.41) is 12.4. The Labute approximate surface area is 154 Å². The van der Waals surface area contributed by atoms with E-state index in [-0.39, 0.29) is 6.61 Å². The first-order valence-electron chi connectivity index (χ1n) is 9.32. The van der Waals surface area contributed by atoms with E-state index in [0.29, 0.717) is 17.9 Å². The summed E-state index contributed by atoms with van der Waals surface area (Å²) in [4.78, 5) is 20.4. The van der Waals surface area contributed by atoms with E-state index in [1.54, 1.807) is 12.4 Å². The maximum Gasteiger partial charge on any atom is 0.228 e. The van der Waals surface area contributed by atoms with Crippen LogP contribution in [0.2, 0.25) is 0 Å². The molecule has 2 N–H and O–H groups in total. The Morgan fingerprint density at radius 3 is 2.46 bits per heavy atom. The molecule has 0 bridgehead atoms. The summed E-state index contributed by atoms with van der Waals surface area (Å²) in [6, 6.07) is 2.37. The Kier molecular flexibility index (Phi) is 6.11. The van der Waals surface area contributed by atoms with E-state index in [4.69, 9.17) is 5.11 Å². The highest BCUT2D eigenvalue weighted by molar-refractivity contribution is 5.52. The molecule has 1 aliphatic heterocycles. The van der Waals surface area contributed by atoms with Crippen molar-refractivity contribution in [1.29, 1.82) is 0 Å². The number of likely N-dealkylation sites (tertiary alicyclic amines) is 1. The molecule has 2 aromatic rings. The molecule has 0 spiro atoms. The van der Waals surface area contributed by atoms with Crippen molar-refractivity contribution in [2.45, 2.75) is 52.0 Å². The van der Waals surface area contributed by atoms with Crippen LogP contribution in [-0.4, -0.2) is 55.7 Å². The second-order valence-electron chi connectivity index (χ2n) is 7.06. The highest BCUT2D eigenvalue weighted by atomic mass is 16.3. The molecule has 3 rings (SSSR count). The van der Waals surface area contributed by atoms with Gasteiger partial charge in [0.05, 0.1) is 5.69 Å². The van der Waals surface area contributed by atoms with Gasteiger partial charge in [0.25, 0.3) is 0 Å². The number of aliphatic hydroxyl groups excluding tert-OH is 1. The number of anilines is 2. The number of nitrogens with zero attached hydrogens (tertiary/aromatic N) is 5. The predicted molar refractivity (Wildman–Crippen MR) is 102 cm³/mol. The van der Waals surface area contributed by atoms with Gasteiger partial charge >= 0.3 is 0 Å². The lowest BCUT2D eigenvalue weighted by Gasteiger charge is -2.36. The molecule has 0 radical (unpaired) electrons. The predicted octanol–water partition coefficient (Wildman–Crippen LogP) is 2.58. The van der Waals surface area contributed by atoms with Crippen LogP contribution in [-0.2, 0) is 0 Å². The van der Waals surface area contributed by atoms with Crippen LogP contribution < -0.4 is 5.32 Å². The summed E-state index contributed by atoms with van der Waals surface area (Å²) < 4.78 is 0. The van der Waals surface area contributed by atoms with E-state index in [1.807, 2.05) is 19.9 Å². The molecule has 1 unspecified atom stereocenters. The summed E-state index contributed by atoms with van der Waals surface area (Å²) in [6.45, 7) is 8.38. The zero-order valence-corrected chi connectivity index (χ0v) is 15.8. The van der Waals surface area contributed by atoms with Crippen molar-refractivity contribution in [3.05, 3.63) is 35.5 Å². The molecule has 0 aliphatic carbocycles. The standard InChI is InChI=1S/C19H28N6O/c1-13-12-14(2)23-19(22-13)24-18-17(20-7-8-21-18)16-4-9-25(10-5-16)15(3)6-11-26/h7-8,12,15-16,26H,4-6,9-11H2,1-3H3,(H,21,22,23,24). The van der Waals surface area contributed by atoms with Gasteiger partial charge in [-0.2, -0.15) is 0 Å². The first kappa shape index (κ1) is 18.7. The number of rotatable bonds is 6. The number of hydrogen-bond donors (Lipinski definition) is 2. The Hall–Kier alpha value is -2.12. The topological polar surface area (TPSA) is 87.1 Å². The summed E-state index contributed by atoms with van der Waals surface area (Å²) in [6.07, 6.45) is 6.36. The number of aryl methyl sites for hydroxylation is 2. The maximum atomic E-state index is 9.15. The minimum atomic E-state index is 0.245. The Morgan fingerprint density at radius 2 is 1.81 bits per heavy atom. The van der Waals surface area contributed by atoms with E-state index in [2.05, 4.69) is 37.1 Å². The third kappa shape index (κ3) is 4.53. The molecule has 1 fully saturated rings. The SMILES string of the molecule is Cc1cc(C)nc(Nc2nccnc2C2CCN(C(C)CCO)CC2)n1. The Bertz CT molecular complexity index is 709. The maximum absolute atomic E-state index is 9.15. The summed E-state index contributed by atoms with van der Waals surface area (Å²) >= 11 is 0. The van der Waals surface area contributed by atoms with Gasteiger partial charge in [-0.3, -0.25) is 4.98 Å². The summed E-state index contributed by atoms with van der Waals surface area (Å²) in [5.41, 5.74) is 2.85. The molecule has 0 saturated carbocycles. The van der Waals surface area contributed by atoms with Crippen molar-refractivity contribution in [3.63, 3.8) is 0 Å². The molecule has 1 atom stereocenters. The average Bonchev–Trinajstić information content (AvgIpc) is 2.62. The van der Waals surface area contributed by atoms with Gasteiger partial charge in [0.1, 0.15) is 0 Å². The van der Waals surface area contributed by atoms with Gasteiger partial charge in [0.2, 0.25) is 5.95 Å². The van der Waals surface area contributed by atoms with Crippen LogP contribution in [0.5, 0.6) is 0 Å². The van der Waals surface area contributed by atoms with Gasteiger partial charge in [-0.05, 0) is 59.2 Å². The minimum absolute atomic E-state index is 0.245. The van der Waals surface area contributed by atoms with Crippen molar-refractivity contribution in [2.75, 3.05) is 25.0 Å². The minimum Gasteiger partial charge on any atom is -0.396 e. The van der Waals surface area contributed by atoms with Crippen LogP contribution in [0.1, 0.15) is 49.2 Å². The van der Waals surface area contributed by atoms with Gasteiger partial charge in [0.15, 0.2) is 5.82 Å². The zero-order chi connectivity index (χ0) is 18.5. The van der Waals surface area contributed by atoms with E-state index in [9.17, 15) is 0 Å². The molecule has 3 heterocycles. The second-order valence-corrected chi connectivity index (χ2v) is 7.06. The molecule has 1 saturated heterocycles. The number of piperidine rings is 1. The first-order chi connectivity index (χ1) is 12.6. The molecule has 2 aromatic heterocycles. The van der Waals surface area contributed by atoms with Crippen molar-refractivity contribution in [3.8, 4) is 0 Å². The van der Waals surface area contributed by atoms with E-state index < -0.39 is 0 Å². The largest absolute Gasteiger partial charge is 0.396 e. The van der Waals surface area contributed by atoms with Gasteiger partial charge in [-0.1, -0.05) is 0 Å². The molecule has 0 aromatic carbocycles. The van der Waals surface area contributed by atoms with E-state index >= 15 is 0 Å². The molecule has 26 heavy (non-hydrogen) atoms. The Balaban J connectivity index is 1.72. The molecule has 140 valence electrons. The summed E-state index contributed by atoms with van der Waals surface area (Å²) in [7, 11) is 0. The highest BCUT2D eigenvalue weighted by Gasteiger charge is 2.26. The van der Waals surface area contributed by atoms with Crippen LogP contribution in [0.25, 0.3) is 0 Å². The van der Waals surface area contributed by atoms with Crippen molar-refractivity contribution in [1.82, 2.24) is 24.8 Å². The average molecular weight is 356 g/mol. The number of nitrogens with one attached hydrogen (secondary N) is 1. The number of aromatic nitrogens is 4. The molecule has 7 heteroatoms. The van der Waals surface area contributed by atoms with Gasteiger partial charge in [-0.25, -0.2) is 15.0 Å². The normalized spacial score (nSPS) is 17.2. The van der Waals surface area contributed by atoms with E-state index in [0.717, 1.165) is 55.3 Å². The van der Waals surface area contributed by atoms with Crippen molar-refractivity contribution in [2.24, 2.45) is 0 Å². The molecular formula is C19H28N6O. The molecular weight excluding hydrogens is 328 g/mol. The van der Waals surface area contributed by atoms with Gasteiger partial charge in [-0.15, -0.1) is 0 Å². The quantitative estimate of drug-likeness (QED) is 0.822. The summed E-state index contributed by atoms with van der Waals surface area (Å²) in [5.74, 6) is 1.69. The van der Waals surface area contributed by atoms with Crippen LogP contribution in [0.15, 0.2) is 18.5 Å². The lowest BCUT2D eigenvalue weighted by Crippen LogP contribution is -2.40. The highest BCUT2D eigenvalue weighted by Crippen LogP contribution is 2.32. The fourth-order valence-electron chi connectivity index (χ4n) is 3.61. The first-order valence-corrected chi connectivity index (χ1v) is 9.32.